The first-order chi connectivity index (χ1) is 13.9. The van der Waals surface area contributed by atoms with E-state index < -0.39 is 11.6 Å². The molecule has 0 saturated carbocycles. The van der Waals surface area contributed by atoms with Crippen LogP contribution >= 0.6 is 0 Å². The largest absolute Gasteiger partial charge is 0.448 e. The minimum Gasteiger partial charge on any atom is -0.448 e. The molecule has 29 heavy (non-hydrogen) atoms. The SMILES string of the molecule is CC(=O)Nc1ccc(NC(=O)C(C)n2cnc3c(oc4ccccc43)c2=O)cc1. The summed E-state index contributed by atoms with van der Waals surface area (Å²) in [5.41, 5.74) is 1.91. The molecule has 0 aliphatic heterocycles. The first-order valence-corrected chi connectivity index (χ1v) is 9.01. The highest BCUT2D eigenvalue weighted by molar-refractivity contribution is 6.02. The van der Waals surface area contributed by atoms with Crippen molar-refractivity contribution in [1.82, 2.24) is 9.55 Å². The maximum absolute atomic E-state index is 12.9. The molecule has 2 heterocycles. The minimum atomic E-state index is -0.803. The van der Waals surface area contributed by atoms with Crippen molar-refractivity contribution in [1.29, 1.82) is 0 Å². The molecule has 0 bridgehead atoms. The molecule has 0 aliphatic carbocycles. The van der Waals surface area contributed by atoms with E-state index in [1.54, 1.807) is 37.3 Å². The number of carbonyl (C=O) groups excluding carboxylic acids is 2. The third-order valence-electron chi connectivity index (χ3n) is 4.58. The van der Waals surface area contributed by atoms with Crippen LogP contribution in [0.1, 0.15) is 19.9 Å². The molecule has 8 nitrogen and oxygen atoms in total. The van der Waals surface area contributed by atoms with E-state index in [1.807, 2.05) is 18.2 Å². The number of benzene rings is 2. The number of furan rings is 1. The number of amides is 2. The summed E-state index contributed by atoms with van der Waals surface area (Å²) in [7, 11) is 0. The van der Waals surface area contributed by atoms with Gasteiger partial charge in [-0.3, -0.25) is 19.0 Å². The quantitative estimate of drug-likeness (QED) is 0.556. The van der Waals surface area contributed by atoms with Crippen LogP contribution in [0, 0.1) is 0 Å². The fourth-order valence-corrected chi connectivity index (χ4v) is 3.08. The van der Waals surface area contributed by atoms with E-state index in [-0.39, 0.29) is 17.4 Å². The highest BCUT2D eigenvalue weighted by Crippen LogP contribution is 2.24. The first-order valence-electron chi connectivity index (χ1n) is 9.01. The van der Waals surface area contributed by atoms with Crippen LogP contribution in [0.5, 0.6) is 0 Å². The van der Waals surface area contributed by atoms with Crippen LogP contribution in [0.3, 0.4) is 0 Å². The van der Waals surface area contributed by atoms with Gasteiger partial charge in [0.1, 0.15) is 17.1 Å². The summed E-state index contributed by atoms with van der Waals surface area (Å²) in [5, 5.41) is 6.16. The molecular formula is C21H18N4O4. The average molecular weight is 390 g/mol. The molecule has 2 aromatic heterocycles. The van der Waals surface area contributed by atoms with Crippen LogP contribution in [-0.2, 0) is 9.59 Å². The lowest BCUT2D eigenvalue weighted by Crippen LogP contribution is -2.31. The zero-order valence-electron chi connectivity index (χ0n) is 15.8. The molecule has 4 aromatic rings. The summed E-state index contributed by atoms with van der Waals surface area (Å²) in [6, 6.07) is 13.1. The van der Waals surface area contributed by atoms with E-state index in [1.165, 1.54) is 17.8 Å². The Kier molecular flexibility index (Phi) is 4.59. The van der Waals surface area contributed by atoms with Crippen molar-refractivity contribution in [2.75, 3.05) is 10.6 Å². The van der Waals surface area contributed by atoms with E-state index in [0.29, 0.717) is 22.5 Å². The number of carbonyl (C=O) groups is 2. The summed E-state index contributed by atoms with van der Waals surface area (Å²) in [6.07, 6.45) is 1.36. The molecule has 1 atom stereocenters. The Hall–Kier alpha value is -3.94. The fourth-order valence-electron chi connectivity index (χ4n) is 3.08. The Morgan fingerprint density at radius 3 is 2.38 bits per heavy atom. The van der Waals surface area contributed by atoms with Crippen LogP contribution in [0.4, 0.5) is 11.4 Å². The number of rotatable bonds is 4. The second-order valence-corrected chi connectivity index (χ2v) is 6.66. The van der Waals surface area contributed by atoms with Gasteiger partial charge in [0.05, 0.1) is 6.33 Å². The third kappa shape index (κ3) is 3.47. The molecule has 1 unspecified atom stereocenters. The number of aromatic nitrogens is 2. The van der Waals surface area contributed by atoms with Gasteiger partial charge in [0.25, 0.3) is 5.56 Å². The zero-order valence-corrected chi connectivity index (χ0v) is 15.8. The molecule has 146 valence electrons. The summed E-state index contributed by atoms with van der Waals surface area (Å²) in [6.45, 7) is 3.03. The monoisotopic (exact) mass is 390 g/mol. The van der Waals surface area contributed by atoms with Gasteiger partial charge in [0.15, 0.2) is 0 Å². The Balaban J connectivity index is 1.59. The second-order valence-electron chi connectivity index (χ2n) is 6.66. The normalized spacial score (nSPS) is 12.1. The molecule has 2 N–H and O–H groups in total. The molecule has 0 saturated heterocycles. The van der Waals surface area contributed by atoms with Gasteiger partial charge in [-0.05, 0) is 43.3 Å². The van der Waals surface area contributed by atoms with Crippen molar-refractivity contribution in [3.63, 3.8) is 0 Å². The van der Waals surface area contributed by atoms with Gasteiger partial charge in [0.2, 0.25) is 17.4 Å². The molecule has 0 radical (unpaired) electrons. The van der Waals surface area contributed by atoms with E-state index in [0.717, 1.165) is 5.39 Å². The fraction of sp³-hybridized carbons (Fsp3) is 0.143. The van der Waals surface area contributed by atoms with Crippen molar-refractivity contribution in [2.24, 2.45) is 0 Å². The van der Waals surface area contributed by atoms with Crippen molar-refractivity contribution in [3.05, 3.63) is 65.2 Å². The van der Waals surface area contributed by atoms with Crippen LogP contribution in [0.25, 0.3) is 22.1 Å². The Morgan fingerprint density at radius 1 is 1.03 bits per heavy atom. The number of nitrogens with zero attached hydrogens (tertiary/aromatic N) is 2. The lowest BCUT2D eigenvalue weighted by atomic mass is 10.2. The molecule has 2 aromatic carbocycles. The Morgan fingerprint density at radius 2 is 1.69 bits per heavy atom. The number of hydrogen-bond acceptors (Lipinski definition) is 5. The Bertz CT molecular complexity index is 1290. The minimum absolute atomic E-state index is 0.119. The number of fused-ring (bicyclic) bond motifs is 3. The van der Waals surface area contributed by atoms with E-state index in [9.17, 15) is 14.4 Å². The van der Waals surface area contributed by atoms with Gasteiger partial charge in [-0.25, -0.2) is 4.98 Å². The second kappa shape index (κ2) is 7.23. The van der Waals surface area contributed by atoms with E-state index in [2.05, 4.69) is 15.6 Å². The standard InChI is InChI=1S/C21H18N4O4/c1-12(20(27)24-15-9-7-14(8-10-15)23-13(2)26)25-11-22-18-16-5-3-4-6-17(16)29-19(18)21(25)28/h3-12H,1-2H3,(H,23,26)(H,24,27). The van der Waals surface area contributed by atoms with Gasteiger partial charge in [-0.1, -0.05) is 12.1 Å². The maximum Gasteiger partial charge on any atom is 0.297 e. The molecule has 0 fully saturated rings. The lowest BCUT2D eigenvalue weighted by molar-refractivity contribution is -0.119. The highest BCUT2D eigenvalue weighted by Gasteiger charge is 2.20. The predicted molar refractivity (Wildman–Crippen MR) is 110 cm³/mol. The van der Waals surface area contributed by atoms with E-state index in [4.69, 9.17) is 4.42 Å². The van der Waals surface area contributed by atoms with Crippen molar-refractivity contribution in [2.45, 2.75) is 19.9 Å². The average Bonchev–Trinajstić information content (AvgIpc) is 3.08. The predicted octanol–water partition coefficient (Wildman–Crippen LogP) is 3.30. The Labute approximate surface area is 165 Å². The zero-order chi connectivity index (χ0) is 20.5. The van der Waals surface area contributed by atoms with Gasteiger partial charge < -0.3 is 15.1 Å². The molecule has 0 spiro atoms. The van der Waals surface area contributed by atoms with Crippen molar-refractivity contribution < 1.29 is 14.0 Å². The summed E-state index contributed by atoms with van der Waals surface area (Å²) >= 11 is 0. The van der Waals surface area contributed by atoms with Crippen LogP contribution in [-0.4, -0.2) is 21.4 Å². The summed E-state index contributed by atoms with van der Waals surface area (Å²) in [4.78, 5) is 40.9. The molecule has 2 amide bonds. The van der Waals surface area contributed by atoms with Crippen molar-refractivity contribution in [3.8, 4) is 0 Å². The van der Waals surface area contributed by atoms with Gasteiger partial charge in [0, 0.05) is 23.7 Å². The van der Waals surface area contributed by atoms with Gasteiger partial charge in [-0.15, -0.1) is 0 Å². The summed E-state index contributed by atoms with van der Waals surface area (Å²) in [5.74, 6) is -0.556. The van der Waals surface area contributed by atoms with Crippen LogP contribution in [0.15, 0.2) is 64.1 Å². The van der Waals surface area contributed by atoms with E-state index >= 15 is 0 Å². The first kappa shape index (κ1) is 18.4. The number of hydrogen-bond donors (Lipinski definition) is 2. The smallest absolute Gasteiger partial charge is 0.297 e. The topological polar surface area (TPSA) is 106 Å². The maximum atomic E-state index is 12.9. The molecule has 0 aliphatic rings. The molecular weight excluding hydrogens is 372 g/mol. The number of para-hydroxylation sites is 1. The molecule has 4 rings (SSSR count). The van der Waals surface area contributed by atoms with Crippen LogP contribution < -0.4 is 16.2 Å². The van der Waals surface area contributed by atoms with Gasteiger partial charge in [-0.2, -0.15) is 0 Å². The number of anilines is 2. The third-order valence-corrected chi connectivity index (χ3v) is 4.58. The van der Waals surface area contributed by atoms with Gasteiger partial charge >= 0.3 is 0 Å². The van der Waals surface area contributed by atoms with Crippen molar-refractivity contribution >= 4 is 45.3 Å². The highest BCUT2D eigenvalue weighted by atomic mass is 16.3. The lowest BCUT2D eigenvalue weighted by Gasteiger charge is -2.14. The summed E-state index contributed by atoms with van der Waals surface area (Å²) < 4.78 is 6.90. The van der Waals surface area contributed by atoms with Crippen LogP contribution in [0.2, 0.25) is 0 Å². The number of nitrogens with one attached hydrogen (secondary N) is 2. The molecule has 8 heteroatoms.